The van der Waals surface area contributed by atoms with Gasteiger partial charge in [-0.15, -0.1) is 0 Å². The highest BCUT2D eigenvalue weighted by Gasteiger charge is 2.10. The van der Waals surface area contributed by atoms with E-state index in [9.17, 15) is 9.18 Å². The maximum atomic E-state index is 13.5. The highest BCUT2D eigenvalue weighted by Crippen LogP contribution is 2.20. The predicted molar refractivity (Wildman–Crippen MR) is 47.3 cm³/mol. The number of hydrogen-bond donors (Lipinski definition) is 1. The first kappa shape index (κ1) is 8.68. The first-order valence-electron chi connectivity index (χ1n) is 4.00. The molecule has 1 N–H and O–H groups in total. The number of aromatic amines is 1. The second-order valence-electron chi connectivity index (χ2n) is 2.88. The molecule has 0 aliphatic carbocycles. The maximum absolute atomic E-state index is 13.5. The van der Waals surface area contributed by atoms with Crippen LogP contribution in [0.1, 0.15) is 5.56 Å². The van der Waals surface area contributed by atoms with Gasteiger partial charge >= 0.3 is 5.76 Å². The second kappa shape index (κ2) is 3.10. The van der Waals surface area contributed by atoms with Gasteiger partial charge in [-0.3, -0.25) is 9.51 Å². The lowest BCUT2D eigenvalue weighted by Gasteiger charge is -1.99. The van der Waals surface area contributed by atoms with Crippen molar-refractivity contribution >= 4 is 0 Å². The summed E-state index contributed by atoms with van der Waals surface area (Å²) in [6, 6.07) is 4.84. The van der Waals surface area contributed by atoms with Gasteiger partial charge in [0.2, 0.25) is 0 Å². The average Bonchev–Trinajstić information content (AvgIpc) is 2.57. The Balaban J connectivity index is 2.62. The molecule has 2 rings (SSSR count). The highest BCUT2D eigenvalue weighted by molar-refractivity contribution is 5.56. The van der Waals surface area contributed by atoms with Gasteiger partial charge in [0.15, 0.2) is 5.82 Å². The van der Waals surface area contributed by atoms with Crippen molar-refractivity contribution in [3.8, 4) is 11.4 Å². The molecular formula is C9H7FN2O2. The van der Waals surface area contributed by atoms with E-state index in [1.807, 2.05) is 0 Å². The fourth-order valence-electron chi connectivity index (χ4n) is 1.18. The lowest BCUT2D eigenvalue weighted by Crippen LogP contribution is -1.96. The van der Waals surface area contributed by atoms with Crippen LogP contribution < -0.4 is 5.76 Å². The fraction of sp³-hybridized carbons (Fsp3) is 0.111. The summed E-state index contributed by atoms with van der Waals surface area (Å²) in [5, 5.41) is 3.40. The minimum atomic E-state index is -0.694. The van der Waals surface area contributed by atoms with Crippen LogP contribution in [0.25, 0.3) is 11.4 Å². The van der Waals surface area contributed by atoms with E-state index >= 15 is 0 Å². The molecule has 0 bridgehead atoms. The molecule has 0 radical (unpaired) electrons. The molecule has 2 aromatic rings. The molecule has 1 aromatic carbocycles. The average molecular weight is 194 g/mol. The normalized spacial score (nSPS) is 10.4. The summed E-state index contributed by atoms with van der Waals surface area (Å²) >= 11 is 0. The van der Waals surface area contributed by atoms with Gasteiger partial charge in [-0.25, -0.2) is 9.18 Å². The van der Waals surface area contributed by atoms with Crippen LogP contribution in [0.3, 0.4) is 0 Å². The van der Waals surface area contributed by atoms with Crippen LogP contribution in [-0.2, 0) is 0 Å². The Morgan fingerprint density at radius 1 is 1.50 bits per heavy atom. The van der Waals surface area contributed by atoms with Crippen LogP contribution in [0.15, 0.2) is 27.5 Å². The van der Waals surface area contributed by atoms with Crippen molar-refractivity contribution in [2.24, 2.45) is 0 Å². The zero-order chi connectivity index (χ0) is 10.1. The Morgan fingerprint density at radius 3 is 2.93 bits per heavy atom. The van der Waals surface area contributed by atoms with Gasteiger partial charge in [-0.1, -0.05) is 17.3 Å². The summed E-state index contributed by atoms with van der Waals surface area (Å²) < 4.78 is 17.8. The van der Waals surface area contributed by atoms with E-state index in [2.05, 4.69) is 14.7 Å². The van der Waals surface area contributed by atoms with Crippen molar-refractivity contribution in [3.63, 3.8) is 0 Å². The summed E-state index contributed by atoms with van der Waals surface area (Å²) in [5.41, 5.74) is 0.724. The van der Waals surface area contributed by atoms with Crippen molar-refractivity contribution in [2.45, 2.75) is 6.92 Å². The summed E-state index contributed by atoms with van der Waals surface area (Å²) in [4.78, 5) is 12.9. The largest absolute Gasteiger partial charge is 0.439 e. The van der Waals surface area contributed by atoms with Crippen LogP contribution >= 0.6 is 0 Å². The molecule has 0 spiro atoms. The van der Waals surface area contributed by atoms with Gasteiger partial charge in [0.1, 0.15) is 5.82 Å². The molecular weight excluding hydrogens is 187 g/mol. The molecule has 1 heterocycles. The number of nitrogens with zero attached hydrogens (tertiary/aromatic N) is 1. The lowest BCUT2D eigenvalue weighted by molar-refractivity contribution is 0.387. The lowest BCUT2D eigenvalue weighted by atomic mass is 10.1. The molecule has 0 unspecified atom stereocenters. The van der Waals surface area contributed by atoms with Gasteiger partial charge in [-0.2, -0.15) is 0 Å². The molecule has 14 heavy (non-hydrogen) atoms. The van der Waals surface area contributed by atoms with Crippen molar-refractivity contribution in [2.75, 3.05) is 0 Å². The summed E-state index contributed by atoms with van der Waals surface area (Å²) in [5.74, 6) is -0.992. The van der Waals surface area contributed by atoms with Crippen LogP contribution in [-0.4, -0.2) is 10.1 Å². The predicted octanol–water partition coefficient (Wildman–Crippen LogP) is 1.48. The van der Waals surface area contributed by atoms with Gasteiger partial charge in [0.25, 0.3) is 0 Å². The summed E-state index contributed by atoms with van der Waals surface area (Å²) in [6.45, 7) is 1.64. The number of aryl methyl sites for hydroxylation is 1. The number of H-pyrrole nitrogens is 1. The minimum Gasteiger partial charge on any atom is -0.296 e. The molecule has 5 heteroatoms. The van der Waals surface area contributed by atoms with Crippen LogP contribution in [0.2, 0.25) is 0 Å². The van der Waals surface area contributed by atoms with Gasteiger partial charge in [0.05, 0.1) is 5.56 Å². The fourth-order valence-corrected chi connectivity index (χ4v) is 1.18. The molecule has 0 aliphatic heterocycles. The molecule has 72 valence electrons. The number of hydrogen-bond acceptors (Lipinski definition) is 3. The molecule has 0 saturated carbocycles. The molecule has 0 amide bonds. The number of nitrogens with one attached hydrogen (secondary N) is 1. The van der Waals surface area contributed by atoms with E-state index in [1.165, 1.54) is 6.07 Å². The summed E-state index contributed by atoms with van der Waals surface area (Å²) in [6.07, 6.45) is 0. The van der Waals surface area contributed by atoms with Crippen molar-refractivity contribution in [1.29, 1.82) is 0 Å². The van der Waals surface area contributed by atoms with Crippen molar-refractivity contribution in [3.05, 3.63) is 40.1 Å². The van der Waals surface area contributed by atoms with E-state index in [-0.39, 0.29) is 11.4 Å². The Bertz CT molecular complexity index is 516. The Kier molecular flexibility index (Phi) is 1.92. The van der Waals surface area contributed by atoms with Crippen LogP contribution in [0.5, 0.6) is 0 Å². The standard InChI is InChI=1S/C9H7FN2O2/c1-5-3-2-4-6(7(5)10)8-11-9(13)14-12-8/h2-4H,1H3,(H,11,12,13). The van der Waals surface area contributed by atoms with Crippen molar-refractivity contribution in [1.82, 2.24) is 10.1 Å². The first-order chi connectivity index (χ1) is 6.68. The van der Waals surface area contributed by atoms with Gasteiger partial charge < -0.3 is 0 Å². The number of benzene rings is 1. The first-order valence-corrected chi connectivity index (χ1v) is 4.00. The number of halogens is 1. The molecule has 0 fully saturated rings. The Morgan fingerprint density at radius 2 is 2.29 bits per heavy atom. The molecule has 0 atom stereocenters. The van der Waals surface area contributed by atoms with E-state index in [0.29, 0.717) is 5.56 Å². The molecule has 0 aliphatic rings. The minimum absolute atomic E-state index is 0.108. The Labute approximate surface area is 78.4 Å². The van der Waals surface area contributed by atoms with Gasteiger partial charge in [-0.05, 0) is 18.6 Å². The van der Waals surface area contributed by atoms with Gasteiger partial charge in [0, 0.05) is 0 Å². The molecule has 1 aromatic heterocycles. The molecule has 0 saturated heterocycles. The number of rotatable bonds is 1. The van der Waals surface area contributed by atoms with E-state index < -0.39 is 11.6 Å². The number of aromatic nitrogens is 2. The Hall–Kier alpha value is -1.91. The van der Waals surface area contributed by atoms with Crippen molar-refractivity contribution < 1.29 is 8.91 Å². The van der Waals surface area contributed by atoms with E-state index in [4.69, 9.17) is 0 Å². The van der Waals surface area contributed by atoms with Crippen LogP contribution in [0.4, 0.5) is 4.39 Å². The second-order valence-corrected chi connectivity index (χ2v) is 2.88. The molecule has 4 nitrogen and oxygen atoms in total. The van der Waals surface area contributed by atoms with E-state index in [1.54, 1.807) is 19.1 Å². The third-order valence-corrected chi connectivity index (χ3v) is 1.89. The zero-order valence-electron chi connectivity index (χ0n) is 7.37. The van der Waals surface area contributed by atoms with E-state index in [0.717, 1.165) is 0 Å². The van der Waals surface area contributed by atoms with Crippen LogP contribution in [0, 0.1) is 12.7 Å². The highest BCUT2D eigenvalue weighted by atomic mass is 19.1. The topological polar surface area (TPSA) is 58.9 Å². The third kappa shape index (κ3) is 1.32. The maximum Gasteiger partial charge on any atom is 0.439 e. The summed E-state index contributed by atoms with van der Waals surface area (Å²) in [7, 11) is 0. The zero-order valence-corrected chi connectivity index (χ0v) is 7.37. The monoisotopic (exact) mass is 194 g/mol. The smallest absolute Gasteiger partial charge is 0.296 e. The SMILES string of the molecule is Cc1cccc(-c2noc(=O)[nH]2)c1F. The third-order valence-electron chi connectivity index (χ3n) is 1.89. The quantitative estimate of drug-likeness (QED) is 0.747.